The van der Waals surface area contributed by atoms with E-state index in [1.807, 2.05) is 79.8 Å². The van der Waals surface area contributed by atoms with Crippen LogP contribution in [0.5, 0.6) is 0 Å². The van der Waals surface area contributed by atoms with Crippen molar-refractivity contribution in [2.75, 3.05) is 158 Å². The van der Waals surface area contributed by atoms with Crippen molar-refractivity contribution in [2.24, 2.45) is 35.5 Å². The average molecular weight is 1780 g/mol. The third-order valence-electron chi connectivity index (χ3n) is 24.7. The minimum absolute atomic E-state index is 0.00472. The zero-order valence-corrected chi connectivity index (χ0v) is 75.6. The molecule has 2 aromatic carbocycles. The van der Waals surface area contributed by atoms with Gasteiger partial charge in [-0.05, 0) is 148 Å². The van der Waals surface area contributed by atoms with E-state index in [9.17, 15) is 44.1 Å². The Morgan fingerprint density at radius 3 is 2.05 bits per heavy atom. The number of methoxy groups -OCH3 is 3. The van der Waals surface area contributed by atoms with Crippen LogP contribution in [0.2, 0.25) is 0 Å². The topological polar surface area (TPSA) is 433 Å². The molecule has 1 aliphatic carbocycles. The number of piperidine rings is 1. The number of benzene rings is 2. The van der Waals surface area contributed by atoms with Gasteiger partial charge in [0.05, 0.1) is 148 Å². The monoisotopic (exact) mass is 1780 g/mol. The smallest absolute Gasteiger partial charge is 0.407 e. The number of nitrogens with one attached hydrogen (secondary N) is 1. The first-order valence-corrected chi connectivity index (χ1v) is 45.0. The van der Waals surface area contributed by atoms with Crippen LogP contribution in [-0.2, 0) is 110 Å². The maximum atomic E-state index is 14.8. The van der Waals surface area contributed by atoms with E-state index in [-0.39, 0.29) is 74.4 Å². The highest BCUT2D eigenvalue weighted by atomic mass is 16.6. The van der Waals surface area contributed by atoms with E-state index < -0.39 is 102 Å². The molecule has 5 aliphatic rings. The summed E-state index contributed by atoms with van der Waals surface area (Å²) >= 11 is 0. The number of cyclic esters (lactones) is 1. The predicted octanol–water partition coefficient (Wildman–Crippen LogP) is 8.97. The summed E-state index contributed by atoms with van der Waals surface area (Å²) in [6, 6.07) is 10.7. The molecule has 10 rings (SSSR count). The molecule has 127 heavy (non-hydrogen) atoms. The molecule has 4 aliphatic heterocycles. The Morgan fingerprint density at radius 2 is 1.38 bits per heavy atom. The van der Waals surface area contributed by atoms with Gasteiger partial charge in [-0.1, -0.05) is 89.3 Å². The number of nitrogen functional groups attached to an aromatic ring is 2. The lowest BCUT2D eigenvalue weighted by molar-refractivity contribution is -0.265. The molecule has 8 N–H and O–H groups in total. The van der Waals surface area contributed by atoms with Gasteiger partial charge in [-0.2, -0.15) is 10.1 Å². The largest absolute Gasteiger partial charge is 0.460 e. The Hall–Kier alpha value is -8.56. The number of nitrogens with two attached hydrogens (primary N) is 2. The van der Waals surface area contributed by atoms with Gasteiger partial charge in [-0.15, -0.1) is 0 Å². The maximum Gasteiger partial charge on any atom is 0.407 e. The summed E-state index contributed by atoms with van der Waals surface area (Å²) in [5.41, 5.74) is 20.0. The number of alkyl carbamates (subject to hydrolysis) is 1. The zero-order chi connectivity index (χ0) is 90.9. The fourth-order valence-corrected chi connectivity index (χ4v) is 17.3. The number of rotatable bonds is 37. The number of ether oxygens (including phenoxy) is 14. The third kappa shape index (κ3) is 29.5. The first-order valence-electron chi connectivity index (χ1n) is 45.0. The van der Waals surface area contributed by atoms with Gasteiger partial charge in [-0.25, -0.2) is 24.2 Å². The SMILES string of the molecule is CO[C@H]1C[C@@H]2CC[C@@H](C)[C@@](O)(O2)C(=O)C(=O)N2CCCC[C@H]2C(=O)O[C@H]([C@H](C)C[C@@H]2CC[C@@H](OC(=O)NCCOCCOCCOCCOCCOCCOCCOCCOCCC(=O)N3CCc4cc(Cn5nc(-c6ccc7oc(N)nc7c6)c6c(N)ncnc65)ccc4C3)[C@H](OC)C2)C[C@@H](O)C(C)/C=C(\C)[C@@H](O)[C@@H](OC)C(=O)[C@H](C)C[C@H](C)/C=C/C=C/C=C/1C. The number of aliphatic hydroxyl groups excluding tert-OH is 2. The number of anilines is 2. The molecule has 702 valence electrons. The number of esters is 1. The van der Waals surface area contributed by atoms with Crippen molar-refractivity contribution in [3.05, 3.63) is 107 Å². The summed E-state index contributed by atoms with van der Waals surface area (Å²) in [7, 11) is 4.52. The zero-order valence-electron chi connectivity index (χ0n) is 75.6. The van der Waals surface area contributed by atoms with E-state index in [0.29, 0.717) is 222 Å². The molecule has 34 heteroatoms. The van der Waals surface area contributed by atoms with Crippen LogP contribution < -0.4 is 16.8 Å². The van der Waals surface area contributed by atoms with Gasteiger partial charge < -0.3 is 113 Å². The van der Waals surface area contributed by atoms with Crippen LogP contribution in [0.1, 0.15) is 149 Å². The van der Waals surface area contributed by atoms with Crippen molar-refractivity contribution in [2.45, 2.75) is 212 Å². The Labute approximate surface area is 744 Å². The van der Waals surface area contributed by atoms with Crippen molar-refractivity contribution in [3.63, 3.8) is 0 Å². The number of oxazole rings is 1. The van der Waals surface area contributed by atoms with Gasteiger partial charge in [0.1, 0.15) is 53.8 Å². The number of aliphatic hydroxyl groups is 3. The number of hydrogen-bond donors (Lipinski definition) is 6. The average Bonchev–Trinajstić information content (AvgIpc) is 1.71. The summed E-state index contributed by atoms with van der Waals surface area (Å²) in [4.78, 5) is 100. The van der Waals surface area contributed by atoms with Crippen LogP contribution in [0.15, 0.2) is 94.7 Å². The second kappa shape index (κ2) is 51.1. The number of nitrogens with zero attached hydrogens (tertiary/aromatic N) is 7. The lowest BCUT2D eigenvalue weighted by atomic mass is 9.78. The molecule has 3 fully saturated rings. The van der Waals surface area contributed by atoms with Crippen LogP contribution in [0.25, 0.3) is 33.4 Å². The molecule has 0 radical (unpaired) electrons. The van der Waals surface area contributed by atoms with Crippen LogP contribution in [0.4, 0.5) is 16.6 Å². The number of amides is 3. The summed E-state index contributed by atoms with van der Waals surface area (Å²) in [6.07, 6.45) is 11.4. The van der Waals surface area contributed by atoms with E-state index >= 15 is 0 Å². The number of aromatic nitrogens is 5. The van der Waals surface area contributed by atoms with E-state index in [4.69, 9.17) is 87.3 Å². The first-order chi connectivity index (χ1) is 61.3. The Bertz CT molecular complexity index is 4460. The van der Waals surface area contributed by atoms with E-state index in [1.165, 1.54) is 23.9 Å². The lowest BCUT2D eigenvalue weighted by Crippen LogP contribution is -2.61. The summed E-state index contributed by atoms with van der Waals surface area (Å²) in [5, 5.41) is 44.2. The van der Waals surface area contributed by atoms with Crippen LogP contribution in [0.3, 0.4) is 0 Å². The molecule has 5 aromatic rings. The summed E-state index contributed by atoms with van der Waals surface area (Å²) < 4.78 is 88.5. The Balaban J connectivity index is 0.552. The maximum absolute atomic E-state index is 14.8. The number of ketones is 2. The molecule has 2 saturated heterocycles. The quantitative estimate of drug-likeness (QED) is 0.00934. The number of fused-ring (bicyclic) bond motifs is 6. The van der Waals surface area contributed by atoms with Crippen molar-refractivity contribution >= 4 is 69.4 Å². The van der Waals surface area contributed by atoms with Crippen molar-refractivity contribution in [1.29, 1.82) is 0 Å². The lowest BCUT2D eigenvalue weighted by Gasteiger charge is -2.43. The van der Waals surface area contributed by atoms with E-state index in [2.05, 4.69) is 38.5 Å². The highest BCUT2D eigenvalue weighted by Crippen LogP contribution is 2.40. The van der Waals surface area contributed by atoms with Crippen LogP contribution >= 0.6 is 0 Å². The molecule has 16 atom stereocenters. The molecule has 34 nitrogen and oxygen atoms in total. The van der Waals surface area contributed by atoms with Gasteiger partial charge in [0.2, 0.25) is 11.7 Å². The number of carbonyl (C=O) groups is 6. The fraction of sp³-hybridized carbons (Fsp3) is 0.656. The highest BCUT2D eigenvalue weighted by molar-refractivity contribution is 6.39. The van der Waals surface area contributed by atoms with Crippen molar-refractivity contribution < 1.29 is 115 Å². The molecule has 2 bridgehead atoms. The van der Waals surface area contributed by atoms with Gasteiger partial charge in [0.15, 0.2) is 17.0 Å². The number of Topliss-reactive ketones (excluding diaryl/α,β-unsaturated/α-hetero) is 2. The normalized spacial score (nSPS) is 27.6. The minimum atomic E-state index is -2.47. The molecule has 7 heterocycles. The third-order valence-corrected chi connectivity index (χ3v) is 24.7. The molecule has 1 saturated carbocycles. The number of hydrogen-bond acceptors (Lipinski definition) is 30. The standard InChI is InChI=1S/C93H136N10O24/c1-59-16-12-11-13-17-60(2)77(113-8)54-71-24-19-65(7)93(112,127-71)86(108)89(109)102-30-15-14-18-73(102)90(110)124-78(55-74(104)61(3)49-64(6)84(107)85(115-10)83(106)63(5)48-59)62(4)50-66-21-25-76(79(52-66)114-9)126-92(111)96-29-33-117-35-37-119-39-41-121-43-45-123-47-46-122-44-42-120-40-38-118-36-34-116-32-28-80(105)101-31-27-68-51-67(20-22-70(68)57-101)56-103-88-81(87(94)97-58-98-88)82(100-103)69-23-26-75-72(53-69)99-91(95)125-75/h11-13,16-17,20,22-23,26,49,51,53,58-59,61-63,65-66,71,73-74,76-79,84-85,104,107,112H,14-15,18-19,21,24-25,27-48,50,52,54-57H2,1-10H3,(H2,95,99)(H,96,111)(H2,94,97,98)/b13-11+,16-12+,60-17+,64-49+/t59-,61?,62-,63-,65-,66+,71+,73+,74-,76-,77+,78+,79-,84-,85+,93-/m1/s1. The number of allylic oxidation sites excluding steroid dienone is 5. The van der Waals surface area contributed by atoms with Gasteiger partial charge in [0, 0.05) is 83.7 Å². The Kier molecular flexibility index (Phi) is 40.5. The summed E-state index contributed by atoms with van der Waals surface area (Å²) in [6.45, 7) is 20.5. The van der Waals surface area contributed by atoms with Gasteiger partial charge in [0.25, 0.3) is 17.7 Å². The van der Waals surface area contributed by atoms with Gasteiger partial charge in [-0.3, -0.25) is 19.2 Å². The predicted molar refractivity (Wildman–Crippen MR) is 471 cm³/mol. The molecule has 3 amide bonds. The van der Waals surface area contributed by atoms with Crippen LogP contribution in [0, 0.1) is 35.5 Å². The Morgan fingerprint density at radius 1 is 0.701 bits per heavy atom. The first kappa shape index (κ1) is 101. The molecular formula is C93H136N10O24. The van der Waals surface area contributed by atoms with Crippen molar-refractivity contribution in [3.8, 4) is 11.3 Å². The summed E-state index contributed by atoms with van der Waals surface area (Å²) in [5.74, 6) is -7.56. The van der Waals surface area contributed by atoms with Gasteiger partial charge >= 0.3 is 12.1 Å². The van der Waals surface area contributed by atoms with E-state index in [0.717, 1.165) is 28.7 Å². The molecule has 0 spiro atoms. The second-order valence-corrected chi connectivity index (χ2v) is 34.1. The highest BCUT2D eigenvalue weighted by Gasteiger charge is 2.53. The molecular weight excluding hydrogens is 1640 g/mol. The van der Waals surface area contributed by atoms with Crippen molar-refractivity contribution in [1.82, 2.24) is 39.8 Å². The van der Waals surface area contributed by atoms with E-state index in [1.54, 1.807) is 47.1 Å². The number of carbonyl (C=O) groups excluding carboxylic acids is 6. The minimum Gasteiger partial charge on any atom is -0.460 e. The fourth-order valence-electron chi connectivity index (χ4n) is 17.3. The molecule has 1 unspecified atom stereocenters. The second-order valence-electron chi connectivity index (χ2n) is 34.1. The van der Waals surface area contributed by atoms with Crippen LogP contribution in [-0.4, -0.2) is 293 Å². The molecule has 3 aromatic heterocycles.